The van der Waals surface area contributed by atoms with Crippen LogP contribution in [0.1, 0.15) is 41.1 Å². The van der Waals surface area contributed by atoms with Gasteiger partial charge < -0.3 is 15.2 Å². The highest BCUT2D eigenvalue weighted by molar-refractivity contribution is 7.90. The summed E-state index contributed by atoms with van der Waals surface area (Å²) in [5, 5.41) is 11.7. The third-order valence-corrected chi connectivity index (χ3v) is 6.33. The number of sulfone groups is 1. The van der Waals surface area contributed by atoms with Crippen molar-refractivity contribution in [2.45, 2.75) is 30.1 Å². The van der Waals surface area contributed by atoms with E-state index in [2.05, 4.69) is 10.3 Å². The summed E-state index contributed by atoms with van der Waals surface area (Å²) in [6.45, 7) is 1.31. The second-order valence-electron chi connectivity index (χ2n) is 7.41. The van der Waals surface area contributed by atoms with E-state index in [4.69, 9.17) is 9.84 Å². The van der Waals surface area contributed by atoms with Gasteiger partial charge >= 0.3 is 5.97 Å². The van der Waals surface area contributed by atoms with Crippen molar-refractivity contribution in [1.29, 1.82) is 0 Å². The second-order valence-corrected chi connectivity index (χ2v) is 9.43. The molecule has 9 heteroatoms. The molecule has 1 aliphatic heterocycles. The van der Waals surface area contributed by atoms with Crippen LogP contribution in [0.15, 0.2) is 47.5 Å². The van der Waals surface area contributed by atoms with Crippen LogP contribution in [-0.2, 0) is 19.4 Å². The molecule has 1 unspecified atom stereocenters. The number of ether oxygens (including phenoxy) is 1. The van der Waals surface area contributed by atoms with Gasteiger partial charge in [0.1, 0.15) is 5.82 Å². The van der Waals surface area contributed by atoms with Crippen molar-refractivity contribution < 1.29 is 27.9 Å². The lowest BCUT2D eigenvalue weighted by atomic mass is 9.84. The molecule has 2 aromatic rings. The Kier molecular flexibility index (Phi) is 6.84. The normalized spacial score (nSPS) is 16.0. The molecular weight excluding hydrogens is 408 g/mol. The Morgan fingerprint density at radius 1 is 1.17 bits per heavy atom. The molecule has 160 valence electrons. The summed E-state index contributed by atoms with van der Waals surface area (Å²) in [5.41, 5.74) is 0.747. The molecule has 2 N–H and O–H groups in total. The van der Waals surface area contributed by atoms with Crippen LogP contribution in [-0.4, -0.2) is 49.9 Å². The fraction of sp³-hybridized carbons (Fsp3) is 0.381. The first-order valence-electron chi connectivity index (χ1n) is 9.62. The molecular formula is C21H24N2O6S. The number of rotatable bonds is 7. The topological polar surface area (TPSA) is 123 Å². The fourth-order valence-electron chi connectivity index (χ4n) is 3.46. The maximum atomic E-state index is 13.1. The largest absolute Gasteiger partial charge is 0.478 e. The van der Waals surface area contributed by atoms with Gasteiger partial charge in [0.2, 0.25) is 5.91 Å². The van der Waals surface area contributed by atoms with Gasteiger partial charge in [-0.3, -0.25) is 4.79 Å². The number of amides is 1. The van der Waals surface area contributed by atoms with Gasteiger partial charge in [0.05, 0.1) is 16.4 Å². The number of hydrogen-bond donors (Lipinski definition) is 2. The summed E-state index contributed by atoms with van der Waals surface area (Å²) in [7, 11) is -3.33. The smallest absolute Gasteiger partial charge is 0.337 e. The monoisotopic (exact) mass is 432 g/mol. The minimum absolute atomic E-state index is 0.0307. The van der Waals surface area contributed by atoms with Crippen LogP contribution in [0.3, 0.4) is 0 Å². The third-order valence-electron chi connectivity index (χ3n) is 5.20. The molecule has 30 heavy (non-hydrogen) atoms. The summed E-state index contributed by atoms with van der Waals surface area (Å²) >= 11 is 0. The van der Waals surface area contributed by atoms with Gasteiger partial charge in [0.15, 0.2) is 9.84 Å². The van der Waals surface area contributed by atoms with Crippen molar-refractivity contribution in [3.63, 3.8) is 0 Å². The maximum Gasteiger partial charge on any atom is 0.337 e. The second kappa shape index (κ2) is 9.36. The van der Waals surface area contributed by atoms with Gasteiger partial charge in [-0.15, -0.1) is 0 Å². The van der Waals surface area contributed by atoms with Crippen molar-refractivity contribution in [3.05, 3.63) is 53.7 Å². The Morgan fingerprint density at radius 3 is 2.37 bits per heavy atom. The minimum atomic E-state index is -3.33. The molecule has 0 radical (unpaired) electrons. The number of carboxylic acids is 1. The molecule has 8 nitrogen and oxygen atoms in total. The molecule has 3 rings (SSSR count). The SMILES string of the molecule is CS(=O)(=O)c1ccc(C(CC2CCOCC2)C(=O)Nc2ccc(C(=O)O)cn2)cc1. The summed E-state index contributed by atoms with van der Waals surface area (Å²) in [6, 6.07) is 9.17. The first-order chi connectivity index (χ1) is 14.2. The Bertz CT molecular complexity index is 997. The number of nitrogens with zero attached hydrogens (tertiary/aromatic N) is 1. The zero-order chi connectivity index (χ0) is 21.7. The van der Waals surface area contributed by atoms with Crippen molar-refractivity contribution in [3.8, 4) is 0 Å². The van der Waals surface area contributed by atoms with Gasteiger partial charge in [-0.1, -0.05) is 12.1 Å². The first-order valence-corrected chi connectivity index (χ1v) is 11.5. The fourth-order valence-corrected chi connectivity index (χ4v) is 4.10. The summed E-state index contributed by atoms with van der Waals surface area (Å²) in [6.07, 6.45) is 4.64. The predicted molar refractivity (Wildman–Crippen MR) is 110 cm³/mol. The van der Waals surface area contributed by atoms with E-state index in [-0.39, 0.29) is 22.2 Å². The number of benzene rings is 1. The number of aromatic carboxylic acids is 1. The number of aromatic nitrogens is 1. The summed E-state index contributed by atoms with van der Waals surface area (Å²) in [4.78, 5) is 28.2. The number of carbonyl (C=O) groups excluding carboxylic acids is 1. The molecule has 1 amide bonds. The first kappa shape index (κ1) is 21.9. The van der Waals surface area contributed by atoms with Crippen molar-refractivity contribution in [1.82, 2.24) is 4.98 Å². The van der Waals surface area contributed by atoms with E-state index in [9.17, 15) is 18.0 Å². The average molecular weight is 432 g/mol. The number of carboxylic acid groups (broad SMARTS) is 1. The maximum absolute atomic E-state index is 13.1. The van der Waals surface area contributed by atoms with Gasteiger partial charge in [-0.05, 0) is 55.0 Å². The molecule has 2 heterocycles. The van der Waals surface area contributed by atoms with Crippen molar-refractivity contribution in [2.24, 2.45) is 5.92 Å². The van der Waals surface area contributed by atoms with Gasteiger partial charge in [0.25, 0.3) is 0 Å². The van der Waals surface area contributed by atoms with Crippen LogP contribution < -0.4 is 5.32 Å². The van der Waals surface area contributed by atoms with E-state index < -0.39 is 21.7 Å². The highest BCUT2D eigenvalue weighted by atomic mass is 32.2. The quantitative estimate of drug-likeness (QED) is 0.690. The highest BCUT2D eigenvalue weighted by Crippen LogP contribution is 2.31. The van der Waals surface area contributed by atoms with Crippen LogP contribution in [0.4, 0.5) is 5.82 Å². The Hall–Kier alpha value is -2.78. The molecule has 0 aliphatic carbocycles. The molecule has 1 aromatic heterocycles. The van der Waals surface area contributed by atoms with E-state index in [1.54, 1.807) is 12.1 Å². The number of nitrogens with one attached hydrogen (secondary N) is 1. The van der Waals surface area contributed by atoms with E-state index in [0.29, 0.717) is 31.1 Å². The molecule has 1 saturated heterocycles. The Labute approximate surface area is 175 Å². The summed E-state index contributed by atoms with van der Waals surface area (Å²) < 4.78 is 28.9. The lowest BCUT2D eigenvalue weighted by molar-refractivity contribution is -0.118. The van der Waals surface area contributed by atoms with Gasteiger partial charge in [-0.2, -0.15) is 0 Å². The Balaban J connectivity index is 1.82. The molecule has 0 bridgehead atoms. The zero-order valence-electron chi connectivity index (χ0n) is 16.6. The lowest BCUT2D eigenvalue weighted by Gasteiger charge is -2.26. The molecule has 1 fully saturated rings. The van der Waals surface area contributed by atoms with E-state index in [1.165, 1.54) is 30.5 Å². The molecule has 1 aliphatic rings. The van der Waals surface area contributed by atoms with Crippen LogP contribution >= 0.6 is 0 Å². The number of hydrogen-bond acceptors (Lipinski definition) is 6. The number of pyridine rings is 1. The zero-order valence-corrected chi connectivity index (χ0v) is 17.4. The van der Waals surface area contributed by atoms with Crippen LogP contribution in [0.5, 0.6) is 0 Å². The van der Waals surface area contributed by atoms with Crippen molar-refractivity contribution in [2.75, 3.05) is 24.8 Å². The summed E-state index contributed by atoms with van der Waals surface area (Å²) in [5.74, 6) is -1.29. The standard InChI is InChI=1S/C21H24N2O6S/c1-30(27,28)17-5-2-15(3-6-17)18(12-14-8-10-29-11-9-14)20(24)23-19-7-4-16(13-22-19)21(25)26/h2-7,13-14,18H,8-12H2,1H3,(H,25,26)(H,22,23,24). The number of anilines is 1. The van der Waals surface area contributed by atoms with E-state index >= 15 is 0 Å². The van der Waals surface area contributed by atoms with Crippen LogP contribution in [0, 0.1) is 5.92 Å². The van der Waals surface area contributed by atoms with E-state index in [0.717, 1.165) is 19.1 Å². The van der Waals surface area contributed by atoms with Gasteiger partial charge in [-0.25, -0.2) is 18.2 Å². The van der Waals surface area contributed by atoms with Crippen LogP contribution in [0.2, 0.25) is 0 Å². The molecule has 1 aromatic carbocycles. The van der Waals surface area contributed by atoms with Crippen LogP contribution in [0.25, 0.3) is 0 Å². The van der Waals surface area contributed by atoms with E-state index in [1.807, 2.05) is 0 Å². The predicted octanol–water partition coefficient (Wildman–Crippen LogP) is 2.72. The lowest BCUT2D eigenvalue weighted by Crippen LogP contribution is -2.26. The Morgan fingerprint density at radius 2 is 1.83 bits per heavy atom. The highest BCUT2D eigenvalue weighted by Gasteiger charge is 2.27. The molecule has 0 spiro atoms. The van der Waals surface area contributed by atoms with Crippen molar-refractivity contribution >= 4 is 27.5 Å². The third kappa shape index (κ3) is 5.64. The number of carbonyl (C=O) groups is 2. The molecule has 0 saturated carbocycles. The average Bonchev–Trinajstić information content (AvgIpc) is 2.72. The van der Waals surface area contributed by atoms with Gasteiger partial charge in [0, 0.05) is 25.7 Å². The molecule has 1 atom stereocenters. The minimum Gasteiger partial charge on any atom is -0.478 e.